The first-order chi connectivity index (χ1) is 14.0. The fourth-order valence-electron chi connectivity index (χ4n) is 4.46. The second-order valence-electron chi connectivity index (χ2n) is 8.78. The second-order valence-corrected chi connectivity index (χ2v) is 8.78. The molecule has 0 radical (unpaired) electrons. The molecule has 2 fully saturated rings. The van der Waals surface area contributed by atoms with Gasteiger partial charge in [0.25, 0.3) is 0 Å². The Bertz CT molecular complexity index is 879. The van der Waals surface area contributed by atoms with Gasteiger partial charge in [-0.25, -0.2) is 19.4 Å². The fourth-order valence-corrected chi connectivity index (χ4v) is 4.46. The summed E-state index contributed by atoms with van der Waals surface area (Å²) in [6.07, 6.45) is 7.14. The average Bonchev–Trinajstić information content (AvgIpc) is 3.15. The topological polar surface area (TPSA) is 85.2 Å². The molecule has 1 N–H and O–H groups in total. The molecule has 2 aromatic heterocycles. The highest BCUT2D eigenvalue weighted by atomic mass is 16.6. The minimum absolute atomic E-state index is 0.292. The standard InChI is InChI=1S/C21H32N6O2/c1-4-5-10-27-19-17(16(25-27)12-15(2)3)18(23-14-24-19)26-9-6-7-21(8-11-26)13-22-20(28)29-21/h14-15H,4-13H2,1-3H3,(H,22,28). The van der Waals surface area contributed by atoms with Gasteiger partial charge in [0.05, 0.1) is 17.6 Å². The van der Waals surface area contributed by atoms with Gasteiger partial charge in [0.2, 0.25) is 0 Å². The summed E-state index contributed by atoms with van der Waals surface area (Å²) in [5.74, 6) is 1.49. The van der Waals surface area contributed by atoms with E-state index in [2.05, 4.69) is 40.7 Å². The first kappa shape index (κ1) is 19.9. The first-order valence-corrected chi connectivity index (χ1v) is 10.9. The molecule has 29 heavy (non-hydrogen) atoms. The summed E-state index contributed by atoms with van der Waals surface area (Å²) in [5.41, 5.74) is 1.66. The maximum Gasteiger partial charge on any atom is 0.407 e. The number of unbranched alkanes of at least 4 members (excludes halogenated alkanes) is 1. The Morgan fingerprint density at radius 1 is 1.28 bits per heavy atom. The molecule has 8 heteroatoms. The molecule has 2 saturated heterocycles. The summed E-state index contributed by atoms with van der Waals surface area (Å²) in [6.45, 7) is 9.82. The highest BCUT2D eigenvalue weighted by Gasteiger charge is 2.41. The molecule has 4 heterocycles. The molecule has 158 valence electrons. The van der Waals surface area contributed by atoms with Crippen LogP contribution in [0.15, 0.2) is 6.33 Å². The van der Waals surface area contributed by atoms with E-state index in [0.29, 0.717) is 12.5 Å². The maximum atomic E-state index is 11.6. The van der Waals surface area contributed by atoms with Crippen LogP contribution in [0.1, 0.15) is 58.6 Å². The normalized spacial score (nSPS) is 22.3. The minimum atomic E-state index is -0.371. The number of nitrogens with zero attached hydrogens (tertiary/aromatic N) is 5. The Morgan fingerprint density at radius 2 is 2.14 bits per heavy atom. The van der Waals surface area contributed by atoms with E-state index in [-0.39, 0.29) is 11.7 Å². The summed E-state index contributed by atoms with van der Waals surface area (Å²) in [7, 11) is 0. The van der Waals surface area contributed by atoms with Crippen molar-refractivity contribution in [1.82, 2.24) is 25.1 Å². The van der Waals surface area contributed by atoms with Gasteiger partial charge in [0, 0.05) is 26.1 Å². The third-order valence-corrected chi connectivity index (χ3v) is 5.97. The SMILES string of the molecule is CCCCn1nc(CC(C)C)c2c(N3CCCC4(CC3)CNC(=O)O4)ncnc21. The van der Waals surface area contributed by atoms with E-state index < -0.39 is 0 Å². The Labute approximate surface area is 172 Å². The molecule has 1 unspecified atom stereocenters. The maximum absolute atomic E-state index is 11.6. The minimum Gasteiger partial charge on any atom is -0.441 e. The fraction of sp³-hybridized carbons (Fsp3) is 0.714. The number of ether oxygens (including phenoxy) is 1. The number of aryl methyl sites for hydroxylation is 1. The van der Waals surface area contributed by atoms with Crippen LogP contribution in [0.3, 0.4) is 0 Å². The predicted molar refractivity (Wildman–Crippen MR) is 112 cm³/mol. The molecular formula is C21H32N6O2. The summed E-state index contributed by atoms with van der Waals surface area (Å²) in [5, 5.41) is 8.85. The van der Waals surface area contributed by atoms with E-state index in [1.165, 1.54) is 0 Å². The van der Waals surface area contributed by atoms with E-state index in [4.69, 9.17) is 14.8 Å². The van der Waals surface area contributed by atoms with Crippen molar-refractivity contribution in [2.24, 2.45) is 5.92 Å². The molecule has 2 aliphatic rings. The summed E-state index contributed by atoms with van der Waals surface area (Å²) in [6, 6.07) is 0. The van der Waals surface area contributed by atoms with Crippen LogP contribution in [0.4, 0.5) is 10.6 Å². The number of hydrogen-bond acceptors (Lipinski definition) is 6. The Morgan fingerprint density at radius 3 is 2.86 bits per heavy atom. The van der Waals surface area contributed by atoms with Crippen LogP contribution in [0.2, 0.25) is 0 Å². The van der Waals surface area contributed by atoms with Gasteiger partial charge >= 0.3 is 6.09 Å². The molecule has 2 aromatic rings. The van der Waals surface area contributed by atoms with Crippen molar-refractivity contribution in [3.05, 3.63) is 12.0 Å². The zero-order chi connectivity index (χ0) is 20.4. The summed E-state index contributed by atoms with van der Waals surface area (Å²) < 4.78 is 7.70. The second kappa shape index (κ2) is 8.16. The van der Waals surface area contributed by atoms with Crippen molar-refractivity contribution in [3.63, 3.8) is 0 Å². The molecule has 1 spiro atoms. The van der Waals surface area contributed by atoms with Gasteiger partial charge in [0.15, 0.2) is 5.65 Å². The third-order valence-electron chi connectivity index (χ3n) is 5.97. The molecule has 2 aliphatic heterocycles. The number of amides is 1. The van der Waals surface area contributed by atoms with E-state index in [1.807, 2.05) is 0 Å². The Balaban J connectivity index is 1.67. The van der Waals surface area contributed by atoms with Crippen LogP contribution < -0.4 is 10.2 Å². The van der Waals surface area contributed by atoms with Crippen LogP contribution in [-0.2, 0) is 17.7 Å². The van der Waals surface area contributed by atoms with Crippen LogP contribution in [0, 0.1) is 5.92 Å². The van der Waals surface area contributed by atoms with Crippen molar-refractivity contribution < 1.29 is 9.53 Å². The lowest BCUT2D eigenvalue weighted by Crippen LogP contribution is -2.35. The number of carbonyl (C=O) groups is 1. The van der Waals surface area contributed by atoms with E-state index >= 15 is 0 Å². The lowest BCUT2D eigenvalue weighted by Gasteiger charge is -2.25. The number of fused-ring (bicyclic) bond motifs is 1. The zero-order valence-corrected chi connectivity index (χ0v) is 17.8. The Hall–Kier alpha value is -2.38. The predicted octanol–water partition coefficient (Wildman–Crippen LogP) is 3.29. The van der Waals surface area contributed by atoms with Crippen LogP contribution >= 0.6 is 0 Å². The average molecular weight is 401 g/mol. The molecule has 8 nitrogen and oxygen atoms in total. The van der Waals surface area contributed by atoms with E-state index in [1.54, 1.807) is 6.33 Å². The summed E-state index contributed by atoms with van der Waals surface area (Å²) >= 11 is 0. The van der Waals surface area contributed by atoms with Gasteiger partial charge in [-0.1, -0.05) is 27.2 Å². The largest absolute Gasteiger partial charge is 0.441 e. The molecule has 4 rings (SSSR count). The van der Waals surface area contributed by atoms with Crippen LogP contribution in [0.25, 0.3) is 11.0 Å². The molecule has 1 atom stereocenters. The Kier molecular flexibility index (Phi) is 5.61. The van der Waals surface area contributed by atoms with Crippen molar-refractivity contribution in [2.75, 3.05) is 24.5 Å². The number of aromatic nitrogens is 4. The molecule has 0 bridgehead atoms. The monoisotopic (exact) mass is 400 g/mol. The van der Waals surface area contributed by atoms with E-state index in [9.17, 15) is 4.79 Å². The number of hydrogen-bond donors (Lipinski definition) is 1. The van der Waals surface area contributed by atoms with Gasteiger partial charge < -0.3 is 15.0 Å². The van der Waals surface area contributed by atoms with Crippen molar-refractivity contribution >= 4 is 22.9 Å². The van der Waals surface area contributed by atoms with Crippen LogP contribution in [-0.4, -0.2) is 51.1 Å². The third kappa shape index (κ3) is 4.02. The number of nitrogens with one attached hydrogen (secondary N) is 1. The zero-order valence-electron chi connectivity index (χ0n) is 17.8. The highest BCUT2D eigenvalue weighted by molar-refractivity contribution is 5.90. The highest BCUT2D eigenvalue weighted by Crippen LogP contribution is 2.34. The lowest BCUT2D eigenvalue weighted by atomic mass is 9.95. The van der Waals surface area contributed by atoms with Gasteiger partial charge in [0.1, 0.15) is 17.7 Å². The lowest BCUT2D eigenvalue weighted by molar-refractivity contribution is 0.0473. The van der Waals surface area contributed by atoms with Crippen molar-refractivity contribution in [1.29, 1.82) is 0 Å². The number of alkyl carbamates (subject to hydrolysis) is 1. The molecule has 0 aliphatic carbocycles. The smallest absolute Gasteiger partial charge is 0.407 e. The molecule has 0 aromatic carbocycles. The van der Waals surface area contributed by atoms with Gasteiger partial charge in [-0.15, -0.1) is 0 Å². The molecular weight excluding hydrogens is 368 g/mol. The van der Waals surface area contributed by atoms with Crippen molar-refractivity contribution in [3.8, 4) is 0 Å². The number of carbonyl (C=O) groups excluding carboxylic acids is 1. The molecule has 1 amide bonds. The summed E-state index contributed by atoms with van der Waals surface area (Å²) in [4.78, 5) is 23.3. The van der Waals surface area contributed by atoms with Gasteiger partial charge in [-0.2, -0.15) is 5.10 Å². The van der Waals surface area contributed by atoms with Gasteiger partial charge in [-0.3, -0.25) is 0 Å². The number of rotatable bonds is 6. The molecule has 0 saturated carbocycles. The first-order valence-electron chi connectivity index (χ1n) is 10.9. The van der Waals surface area contributed by atoms with Crippen LogP contribution in [0.5, 0.6) is 0 Å². The van der Waals surface area contributed by atoms with E-state index in [0.717, 1.165) is 80.7 Å². The van der Waals surface area contributed by atoms with Crippen molar-refractivity contribution in [2.45, 2.75) is 71.4 Å². The quantitative estimate of drug-likeness (QED) is 0.801. The number of anilines is 1. The van der Waals surface area contributed by atoms with Gasteiger partial charge in [-0.05, 0) is 31.6 Å².